The standard InChI is InChI=1S/C15H14Cl2FNO/c1-9(10-3-5-12(16)13(17)7-10)19-11-4-6-14(18)15(8-11)20-2/h3-9,19H,1-2H3. The number of benzene rings is 2. The minimum Gasteiger partial charge on any atom is -0.494 e. The number of nitrogens with one attached hydrogen (secondary N) is 1. The van der Waals surface area contributed by atoms with Crippen LogP contribution in [-0.2, 0) is 0 Å². The molecular weight excluding hydrogens is 300 g/mol. The van der Waals surface area contributed by atoms with Crippen LogP contribution < -0.4 is 10.1 Å². The van der Waals surface area contributed by atoms with Crippen LogP contribution in [0.25, 0.3) is 0 Å². The summed E-state index contributed by atoms with van der Waals surface area (Å²) in [5, 5.41) is 4.29. The van der Waals surface area contributed by atoms with E-state index in [0.29, 0.717) is 10.0 Å². The molecule has 2 aromatic rings. The summed E-state index contributed by atoms with van der Waals surface area (Å²) in [5.74, 6) is -0.184. The Morgan fingerprint density at radius 1 is 1.10 bits per heavy atom. The molecule has 0 spiro atoms. The van der Waals surface area contributed by atoms with Crippen LogP contribution in [0.15, 0.2) is 36.4 Å². The average Bonchev–Trinajstić information content (AvgIpc) is 2.43. The Bertz CT molecular complexity index is 619. The van der Waals surface area contributed by atoms with Crippen molar-refractivity contribution in [2.24, 2.45) is 0 Å². The van der Waals surface area contributed by atoms with E-state index in [-0.39, 0.29) is 17.6 Å². The van der Waals surface area contributed by atoms with Gasteiger partial charge in [0.15, 0.2) is 11.6 Å². The summed E-state index contributed by atoms with van der Waals surface area (Å²) >= 11 is 11.9. The van der Waals surface area contributed by atoms with E-state index in [9.17, 15) is 4.39 Å². The van der Waals surface area contributed by atoms with Crippen molar-refractivity contribution >= 4 is 28.9 Å². The van der Waals surface area contributed by atoms with Gasteiger partial charge in [0.1, 0.15) is 0 Å². The summed E-state index contributed by atoms with van der Waals surface area (Å²) < 4.78 is 18.3. The van der Waals surface area contributed by atoms with E-state index < -0.39 is 0 Å². The quantitative estimate of drug-likeness (QED) is 0.825. The van der Waals surface area contributed by atoms with E-state index in [1.165, 1.54) is 13.2 Å². The molecule has 20 heavy (non-hydrogen) atoms. The predicted octanol–water partition coefficient (Wildman–Crippen LogP) is 5.31. The topological polar surface area (TPSA) is 21.3 Å². The molecule has 0 aliphatic rings. The lowest BCUT2D eigenvalue weighted by molar-refractivity contribution is 0.387. The van der Waals surface area contributed by atoms with Gasteiger partial charge in [-0.15, -0.1) is 0 Å². The summed E-state index contributed by atoms with van der Waals surface area (Å²) in [7, 11) is 1.44. The molecule has 0 aromatic heterocycles. The van der Waals surface area contributed by atoms with Crippen molar-refractivity contribution in [3.05, 3.63) is 57.8 Å². The number of hydrogen-bond donors (Lipinski definition) is 1. The summed E-state index contributed by atoms with van der Waals surface area (Å²) in [6.45, 7) is 1.98. The molecule has 0 bridgehead atoms. The van der Waals surface area contributed by atoms with Crippen molar-refractivity contribution in [1.29, 1.82) is 0 Å². The number of halogens is 3. The van der Waals surface area contributed by atoms with Crippen LogP contribution in [0.2, 0.25) is 10.0 Å². The van der Waals surface area contributed by atoms with Crippen LogP contribution in [0.4, 0.5) is 10.1 Å². The van der Waals surface area contributed by atoms with Gasteiger partial charge >= 0.3 is 0 Å². The zero-order chi connectivity index (χ0) is 14.7. The van der Waals surface area contributed by atoms with Crippen LogP contribution in [0.5, 0.6) is 5.75 Å². The molecule has 0 aliphatic carbocycles. The molecule has 2 nitrogen and oxygen atoms in total. The summed E-state index contributed by atoms with van der Waals surface area (Å²) in [6.07, 6.45) is 0. The first kappa shape index (κ1) is 14.9. The monoisotopic (exact) mass is 313 g/mol. The Morgan fingerprint density at radius 2 is 1.85 bits per heavy atom. The van der Waals surface area contributed by atoms with Gasteiger partial charge in [0.2, 0.25) is 0 Å². The number of methoxy groups -OCH3 is 1. The van der Waals surface area contributed by atoms with Crippen LogP contribution in [0.3, 0.4) is 0 Å². The Morgan fingerprint density at radius 3 is 2.50 bits per heavy atom. The van der Waals surface area contributed by atoms with Gasteiger partial charge in [0, 0.05) is 17.8 Å². The molecule has 2 aromatic carbocycles. The molecule has 0 radical (unpaired) electrons. The average molecular weight is 314 g/mol. The molecule has 2 rings (SSSR count). The lowest BCUT2D eigenvalue weighted by atomic mass is 10.1. The first-order chi connectivity index (χ1) is 9.51. The van der Waals surface area contributed by atoms with Crippen molar-refractivity contribution in [1.82, 2.24) is 0 Å². The minimum absolute atomic E-state index is 0.0000611. The van der Waals surface area contributed by atoms with E-state index in [1.54, 1.807) is 18.2 Å². The molecule has 0 heterocycles. The fraction of sp³-hybridized carbons (Fsp3) is 0.200. The second-order valence-electron chi connectivity index (χ2n) is 4.39. The lowest BCUT2D eigenvalue weighted by Gasteiger charge is -2.17. The zero-order valence-electron chi connectivity index (χ0n) is 11.1. The summed E-state index contributed by atoms with van der Waals surface area (Å²) in [6, 6.07) is 10.1. The van der Waals surface area contributed by atoms with E-state index in [1.807, 2.05) is 19.1 Å². The second-order valence-corrected chi connectivity index (χ2v) is 5.20. The van der Waals surface area contributed by atoms with Gasteiger partial charge in [0.05, 0.1) is 17.2 Å². The molecule has 1 N–H and O–H groups in total. The van der Waals surface area contributed by atoms with E-state index in [2.05, 4.69) is 5.32 Å². The minimum atomic E-state index is -0.389. The van der Waals surface area contributed by atoms with Crippen LogP contribution >= 0.6 is 23.2 Å². The van der Waals surface area contributed by atoms with E-state index >= 15 is 0 Å². The van der Waals surface area contributed by atoms with Gasteiger partial charge in [-0.25, -0.2) is 4.39 Å². The maximum Gasteiger partial charge on any atom is 0.165 e. The number of rotatable bonds is 4. The van der Waals surface area contributed by atoms with Crippen molar-refractivity contribution in [2.75, 3.05) is 12.4 Å². The number of anilines is 1. The first-order valence-electron chi connectivity index (χ1n) is 6.06. The Hall–Kier alpha value is -1.45. The van der Waals surface area contributed by atoms with Crippen molar-refractivity contribution in [2.45, 2.75) is 13.0 Å². The highest BCUT2D eigenvalue weighted by atomic mass is 35.5. The van der Waals surface area contributed by atoms with Crippen LogP contribution in [0.1, 0.15) is 18.5 Å². The third-order valence-electron chi connectivity index (χ3n) is 2.98. The highest BCUT2D eigenvalue weighted by Crippen LogP contribution is 2.28. The maximum atomic E-state index is 13.3. The normalized spacial score (nSPS) is 12.1. The highest BCUT2D eigenvalue weighted by Gasteiger charge is 2.09. The van der Waals surface area contributed by atoms with Gasteiger partial charge in [-0.1, -0.05) is 29.3 Å². The number of hydrogen-bond acceptors (Lipinski definition) is 2. The second kappa shape index (κ2) is 6.33. The van der Waals surface area contributed by atoms with Crippen LogP contribution in [-0.4, -0.2) is 7.11 Å². The Labute approximate surface area is 127 Å². The third-order valence-corrected chi connectivity index (χ3v) is 3.72. The molecule has 0 saturated heterocycles. The molecule has 0 aliphatic heterocycles. The van der Waals surface area contributed by atoms with Gasteiger partial charge < -0.3 is 10.1 Å². The van der Waals surface area contributed by atoms with E-state index in [0.717, 1.165) is 11.3 Å². The summed E-state index contributed by atoms with van der Waals surface area (Å²) in [4.78, 5) is 0. The maximum absolute atomic E-state index is 13.3. The molecule has 1 unspecified atom stereocenters. The van der Waals surface area contributed by atoms with E-state index in [4.69, 9.17) is 27.9 Å². The Kier molecular flexibility index (Phi) is 4.73. The molecule has 5 heteroatoms. The summed E-state index contributed by atoms with van der Waals surface area (Å²) in [5.41, 5.74) is 1.75. The number of ether oxygens (including phenoxy) is 1. The molecule has 1 atom stereocenters. The Balaban J connectivity index is 2.18. The van der Waals surface area contributed by atoms with Gasteiger partial charge in [-0.3, -0.25) is 0 Å². The van der Waals surface area contributed by atoms with Crippen molar-refractivity contribution < 1.29 is 9.13 Å². The highest BCUT2D eigenvalue weighted by molar-refractivity contribution is 6.42. The van der Waals surface area contributed by atoms with Crippen molar-refractivity contribution in [3.8, 4) is 5.75 Å². The smallest absolute Gasteiger partial charge is 0.165 e. The third kappa shape index (κ3) is 3.35. The largest absolute Gasteiger partial charge is 0.494 e. The van der Waals surface area contributed by atoms with Gasteiger partial charge in [-0.05, 0) is 36.8 Å². The van der Waals surface area contributed by atoms with Crippen LogP contribution in [0, 0.1) is 5.82 Å². The van der Waals surface area contributed by atoms with Gasteiger partial charge in [0.25, 0.3) is 0 Å². The van der Waals surface area contributed by atoms with Gasteiger partial charge in [-0.2, -0.15) is 0 Å². The molecule has 0 saturated carbocycles. The predicted molar refractivity (Wildman–Crippen MR) is 81.5 cm³/mol. The SMILES string of the molecule is COc1cc(NC(C)c2ccc(Cl)c(Cl)c2)ccc1F. The molecular formula is C15H14Cl2FNO. The fourth-order valence-corrected chi connectivity index (χ4v) is 2.17. The fourth-order valence-electron chi connectivity index (χ4n) is 1.86. The molecule has 0 amide bonds. The zero-order valence-corrected chi connectivity index (χ0v) is 12.6. The lowest BCUT2D eigenvalue weighted by Crippen LogP contribution is -2.07. The molecule has 106 valence electrons. The van der Waals surface area contributed by atoms with Crippen molar-refractivity contribution in [3.63, 3.8) is 0 Å². The molecule has 0 fully saturated rings. The first-order valence-corrected chi connectivity index (χ1v) is 6.82.